The van der Waals surface area contributed by atoms with Crippen LogP contribution in [-0.2, 0) is 14.3 Å². The minimum Gasteiger partial charge on any atom is -0.372 e. The van der Waals surface area contributed by atoms with Crippen molar-refractivity contribution in [1.82, 2.24) is 10.2 Å². The Bertz CT molecular complexity index is 383. The first-order valence-electron chi connectivity index (χ1n) is 6.32. The van der Waals surface area contributed by atoms with E-state index in [-0.39, 0.29) is 31.4 Å². The average Bonchev–Trinajstić information content (AvgIpc) is 2.29. The molecule has 0 aromatic rings. The second-order valence-electron chi connectivity index (χ2n) is 5.27. The predicted molar refractivity (Wildman–Crippen MR) is 64.9 cm³/mol. The van der Waals surface area contributed by atoms with Crippen molar-refractivity contribution in [2.45, 2.75) is 44.9 Å². The van der Waals surface area contributed by atoms with Crippen LogP contribution in [0.1, 0.15) is 27.2 Å². The first-order chi connectivity index (χ1) is 9.05. The molecule has 8 heteroatoms. The molecule has 1 heterocycles. The fourth-order valence-electron chi connectivity index (χ4n) is 1.97. The normalized spacial score (nSPS) is 22.9. The Morgan fingerprint density at radius 3 is 2.50 bits per heavy atom. The molecule has 116 valence electrons. The summed E-state index contributed by atoms with van der Waals surface area (Å²) in [5, 5.41) is 2.56. The maximum absolute atomic E-state index is 12.0. The molecule has 1 atom stereocenters. The van der Waals surface area contributed by atoms with E-state index in [1.165, 1.54) is 4.90 Å². The summed E-state index contributed by atoms with van der Waals surface area (Å²) < 4.78 is 40.1. The number of hydrogen-bond donors (Lipinski definition) is 1. The molecule has 1 unspecified atom stereocenters. The molecule has 0 aromatic heterocycles. The molecular weight excluding hydrogens is 277 g/mol. The van der Waals surface area contributed by atoms with Crippen LogP contribution >= 0.6 is 0 Å². The number of ether oxygens (including phenoxy) is 1. The summed E-state index contributed by atoms with van der Waals surface area (Å²) in [6.45, 7) is 3.53. The SMILES string of the molecule is CC1NC(=O)C(C)(C)N(CCCOCC(F)(F)F)C1=O. The lowest BCUT2D eigenvalue weighted by atomic mass is 9.96. The molecule has 1 N–H and O–H groups in total. The third-order valence-corrected chi connectivity index (χ3v) is 3.15. The van der Waals surface area contributed by atoms with Crippen LogP contribution in [0.15, 0.2) is 0 Å². The van der Waals surface area contributed by atoms with Crippen molar-refractivity contribution in [3.63, 3.8) is 0 Å². The van der Waals surface area contributed by atoms with E-state index in [4.69, 9.17) is 0 Å². The van der Waals surface area contributed by atoms with E-state index in [0.29, 0.717) is 0 Å². The summed E-state index contributed by atoms with van der Waals surface area (Å²) in [6.07, 6.45) is -4.11. The molecule has 0 radical (unpaired) electrons. The zero-order valence-corrected chi connectivity index (χ0v) is 11.7. The average molecular weight is 296 g/mol. The summed E-state index contributed by atoms with van der Waals surface area (Å²) in [7, 11) is 0. The maximum Gasteiger partial charge on any atom is 0.411 e. The highest BCUT2D eigenvalue weighted by Gasteiger charge is 2.44. The molecule has 1 aliphatic rings. The van der Waals surface area contributed by atoms with Gasteiger partial charge >= 0.3 is 6.18 Å². The molecule has 0 spiro atoms. The van der Waals surface area contributed by atoms with Gasteiger partial charge in [0, 0.05) is 13.2 Å². The van der Waals surface area contributed by atoms with Crippen molar-refractivity contribution < 1.29 is 27.5 Å². The van der Waals surface area contributed by atoms with Crippen LogP contribution in [0.2, 0.25) is 0 Å². The van der Waals surface area contributed by atoms with Crippen molar-refractivity contribution in [1.29, 1.82) is 0 Å². The van der Waals surface area contributed by atoms with E-state index in [2.05, 4.69) is 10.1 Å². The molecule has 1 saturated heterocycles. The van der Waals surface area contributed by atoms with Gasteiger partial charge in [-0.25, -0.2) is 0 Å². The molecule has 0 aliphatic carbocycles. The summed E-state index contributed by atoms with van der Waals surface area (Å²) in [4.78, 5) is 25.2. The van der Waals surface area contributed by atoms with Gasteiger partial charge in [-0.05, 0) is 27.2 Å². The van der Waals surface area contributed by atoms with Gasteiger partial charge in [0.25, 0.3) is 0 Å². The lowest BCUT2D eigenvalue weighted by Crippen LogP contribution is -2.67. The number of alkyl halides is 3. The third kappa shape index (κ3) is 4.09. The van der Waals surface area contributed by atoms with E-state index in [0.717, 1.165) is 0 Å². The summed E-state index contributed by atoms with van der Waals surface area (Å²) >= 11 is 0. The lowest BCUT2D eigenvalue weighted by molar-refractivity contribution is -0.174. The number of piperazine rings is 1. The number of carbonyl (C=O) groups is 2. The summed E-state index contributed by atoms with van der Waals surface area (Å²) in [6, 6.07) is -0.619. The number of amides is 2. The number of carbonyl (C=O) groups excluding carboxylic acids is 2. The van der Waals surface area contributed by atoms with Gasteiger partial charge in [0.15, 0.2) is 0 Å². The van der Waals surface area contributed by atoms with Crippen molar-refractivity contribution in [3.05, 3.63) is 0 Å². The van der Waals surface area contributed by atoms with Crippen LogP contribution in [0.4, 0.5) is 13.2 Å². The second kappa shape index (κ2) is 5.99. The van der Waals surface area contributed by atoms with Crippen molar-refractivity contribution in [2.75, 3.05) is 19.8 Å². The number of nitrogens with one attached hydrogen (secondary N) is 1. The monoisotopic (exact) mass is 296 g/mol. The zero-order chi connectivity index (χ0) is 15.6. The number of hydrogen-bond acceptors (Lipinski definition) is 3. The zero-order valence-electron chi connectivity index (χ0n) is 11.7. The van der Waals surface area contributed by atoms with Crippen LogP contribution in [-0.4, -0.2) is 54.2 Å². The standard InChI is InChI=1S/C12H19F3N2O3/c1-8-9(18)17(11(2,3)10(19)16-8)5-4-6-20-7-12(13,14)15/h8H,4-7H2,1-3H3,(H,16,19). The molecule has 0 bridgehead atoms. The Morgan fingerprint density at radius 2 is 1.95 bits per heavy atom. The van der Waals surface area contributed by atoms with Crippen LogP contribution in [0.3, 0.4) is 0 Å². The molecule has 1 rings (SSSR count). The molecule has 0 aromatic carbocycles. The first kappa shape index (κ1) is 16.7. The lowest BCUT2D eigenvalue weighted by Gasteiger charge is -2.43. The molecule has 1 fully saturated rings. The van der Waals surface area contributed by atoms with Gasteiger partial charge in [-0.1, -0.05) is 0 Å². The molecule has 5 nitrogen and oxygen atoms in total. The topological polar surface area (TPSA) is 58.6 Å². The first-order valence-corrected chi connectivity index (χ1v) is 6.32. The Morgan fingerprint density at radius 1 is 1.35 bits per heavy atom. The number of nitrogens with zero attached hydrogens (tertiary/aromatic N) is 1. The van der Waals surface area contributed by atoms with E-state index in [1.54, 1.807) is 20.8 Å². The van der Waals surface area contributed by atoms with E-state index in [9.17, 15) is 22.8 Å². The minimum atomic E-state index is -4.35. The Kier molecular flexibility index (Phi) is 5.01. The Balaban J connectivity index is 2.48. The van der Waals surface area contributed by atoms with Gasteiger partial charge in [0.2, 0.25) is 11.8 Å². The van der Waals surface area contributed by atoms with Gasteiger partial charge in [-0.3, -0.25) is 9.59 Å². The minimum absolute atomic E-state index is 0.116. The molecular formula is C12H19F3N2O3. The van der Waals surface area contributed by atoms with Gasteiger partial charge in [-0.15, -0.1) is 0 Å². The quantitative estimate of drug-likeness (QED) is 0.772. The molecule has 1 aliphatic heterocycles. The highest BCUT2D eigenvalue weighted by atomic mass is 19.4. The fourth-order valence-corrected chi connectivity index (χ4v) is 1.97. The van der Waals surface area contributed by atoms with E-state index >= 15 is 0 Å². The number of halogens is 3. The van der Waals surface area contributed by atoms with Crippen LogP contribution < -0.4 is 5.32 Å². The van der Waals surface area contributed by atoms with Crippen LogP contribution in [0, 0.1) is 0 Å². The van der Waals surface area contributed by atoms with Crippen molar-refractivity contribution in [2.24, 2.45) is 0 Å². The van der Waals surface area contributed by atoms with Gasteiger partial charge in [0.05, 0.1) is 0 Å². The molecule has 0 saturated carbocycles. The van der Waals surface area contributed by atoms with Crippen molar-refractivity contribution >= 4 is 11.8 Å². The third-order valence-electron chi connectivity index (χ3n) is 3.15. The Hall–Kier alpha value is -1.31. The Labute approximate surface area is 115 Å². The highest BCUT2D eigenvalue weighted by molar-refractivity contribution is 5.99. The largest absolute Gasteiger partial charge is 0.411 e. The van der Waals surface area contributed by atoms with Crippen LogP contribution in [0.5, 0.6) is 0 Å². The molecule has 20 heavy (non-hydrogen) atoms. The van der Waals surface area contributed by atoms with Crippen LogP contribution in [0.25, 0.3) is 0 Å². The predicted octanol–water partition coefficient (Wildman–Crippen LogP) is 1.08. The van der Waals surface area contributed by atoms with Gasteiger partial charge in [-0.2, -0.15) is 13.2 Å². The van der Waals surface area contributed by atoms with E-state index < -0.39 is 24.4 Å². The highest BCUT2D eigenvalue weighted by Crippen LogP contribution is 2.21. The van der Waals surface area contributed by atoms with E-state index in [1.807, 2.05) is 0 Å². The van der Waals surface area contributed by atoms with Gasteiger partial charge < -0.3 is 15.0 Å². The second-order valence-corrected chi connectivity index (χ2v) is 5.27. The summed E-state index contributed by atoms with van der Waals surface area (Å²) in [5.74, 6) is -0.522. The maximum atomic E-state index is 12.0. The number of rotatable bonds is 5. The molecule has 2 amide bonds. The smallest absolute Gasteiger partial charge is 0.372 e. The fraction of sp³-hybridized carbons (Fsp3) is 0.833. The summed E-state index contributed by atoms with van der Waals surface area (Å²) in [5.41, 5.74) is -1.01. The van der Waals surface area contributed by atoms with Gasteiger partial charge in [0.1, 0.15) is 18.2 Å². The van der Waals surface area contributed by atoms with Crippen molar-refractivity contribution in [3.8, 4) is 0 Å².